The van der Waals surface area contributed by atoms with Gasteiger partial charge >= 0.3 is 7.12 Å². The summed E-state index contributed by atoms with van der Waals surface area (Å²) in [5, 5.41) is 0.245. The topological polar surface area (TPSA) is 27.7 Å². The van der Waals surface area contributed by atoms with Crippen molar-refractivity contribution in [2.75, 3.05) is 6.61 Å². The summed E-state index contributed by atoms with van der Waals surface area (Å²) in [6.45, 7) is 6.50. The first-order valence-corrected chi connectivity index (χ1v) is 7.82. The molecule has 1 aliphatic heterocycles. The molecule has 1 heterocycles. The van der Waals surface area contributed by atoms with Crippen LogP contribution in [0.3, 0.4) is 0 Å². The van der Waals surface area contributed by atoms with E-state index < -0.39 is 37.1 Å². The molecule has 0 atom stereocenters. The summed E-state index contributed by atoms with van der Waals surface area (Å²) in [6.07, 6.45) is -1.42. The van der Waals surface area contributed by atoms with E-state index in [-0.39, 0.29) is 10.8 Å². The summed E-state index contributed by atoms with van der Waals surface area (Å²) in [5.41, 5.74) is -1.61. The Balaban J connectivity index is 2.18. The molecule has 8 heteroatoms. The monoisotopic (exact) mass is 362 g/mol. The van der Waals surface area contributed by atoms with Gasteiger partial charge in [0.25, 0.3) is 6.43 Å². The molecule has 0 amide bonds. The smallest absolute Gasteiger partial charge is 0.488 e. The number of hydrogen-bond acceptors (Lipinski definition) is 3. The fraction of sp³-hybridized carbons (Fsp3) is 0.500. The van der Waals surface area contributed by atoms with Crippen LogP contribution in [0.15, 0.2) is 23.9 Å². The van der Waals surface area contributed by atoms with Gasteiger partial charge in [-0.1, -0.05) is 11.6 Å². The molecule has 1 fully saturated rings. The van der Waals surface area contributed by atoms with E-state index in [9.17, 15) is 13.2 Å². The maximum atomic E-state index is 14.5. The Kier molecular flexibility index (Phi) is 5.57. The maximum Gasteiger partial charge on any atom is 0.525 e. The van der Waals surface area contributed by atoms with Crippen molar-refractivity contribution in [1.29, 1.82) is 0 Å². The second-order valence-corrected chi connectivity index (χ2v) is 6.98. The van der Waals surface area contributed by atoms with Gasteiger partial charge in [-0.05, 0) is 57.5 Å². The third-order valence-corrected chi connectivity index (χ3v) is 4.27. The molecule has 0 spiro atoms. The van der Waals surface area contributed by atoms with Gasteiger partial charge in [0, 0.05) is 5.02 Å². The SMILES string of the molecule is CC1(C)OB(C(F)=Cc2cc(Cl)cc(OCC(F)F)c2)OC1(C)C. The highest BCUT2D eigenvalue weighted by molar-refractivity contribution is 6.54. The standard InChI is InChI=1S/C16H19BClF3O3/c1-15(2)16(3,4)24-17(23-15)13(19)7-10-5-11(18)8-12(6-10)22-9-14(20)21/h5-8,14H,9H2,1-4H3. The van der Waals surface area contributed by atoms with E-state index in [1.807, 2.05) is 27.7 Å². The Morgan fingerprint density at radius 1 is 1.21 bits per heavy atom. The van der Waals surface area contributed by atoms with E-state index in [1.54, 1.807) is 0 Å². The minimum Gasteiger partial charge on any atom is -0.488 e. The van der Waals surface area contributed by atoms with E-state index in [4.69, 9.17) is 25.6 Å². The Labute approximate surface area is 144 Å². The molecule has 3 nitrogen and oxygen atoms in total. The van der Waals surface area contributed by atoms with Gasteiger partial charge in [-0.2, -0.15) is 0 Å². The van der Waals surface area contributed by atoms with Crippen molar-refractivity contribution in [2.45, 2.75) is 45.3 Å². The van der Waals surface area contributed by atoms with Crippen LogP contribution >= 0.6 is 11.6 Å². The Morgan fingerprint density at radius 3 is 2.33 bits per heavy atom. The molecule has 1 aliphatic rings. The van der Waals surface area contributed by atoms with Crippen molar-refractivity contribution in [3.8, 4) is 5.75 Å². The zero-order chi connectivity index (χ0) is 18.1. The summed E-state index contributed by atoms with van der Waals surface area (Å²) < 4.78 is 55.0. The maximum absolute atomic E-state index is 14.5. The predicted octanol–water partition coefficient (Wildman–Crippen LogP) is 4.93. The van der Waals surface area contributed by atoms with E-state index in [0.29, 0.717) is 5.56 Å². The number of ether oxygens (including phenoxy) is 1. The van der Waals surface area contributed by atoms with Crippen molar-refractivity contribution < 1.29 is 27.2 Å². The van der Waals surface area contributed by atoms with Crippen molar-refractivity contribution in [2.24, 2.45) is 0 Å². The molecular weight excluding hydrogens is 343 g/mol. The van der Waals surface area contributed by atoms with Gasteiger partial charge in [0.2, 0.25) is 0 Å². The fourth-order valence-electron chi connectivity index (χ4n) is 2.09. The first kappa shape index (κ1) is 19.2. The lowest BCUT2D eigenvalue weighted by molar-refractivity contribution is 0.00578. The average molecular weight is 363 g/mol. The molecule has 1 aromatic rings. The summed E-state index contributed by atoms with van der Waals surface area (Å²) in [7, 11) is -1.14. The normalized spacial score (nSPS) is 19.9. The molecule has 0 unspecified atom stereocenters. The predicted molar refractivity (Wildman–Crippen MR) is 88.1 cm³/mol. The largest absolute Gasteiger partial charge is 0.525 e. The van der Waals surface area contributed by atoms with E-state index >= 15 is 0 Å². The third-order valence-electron chi connectivity index (χ3n) is 4.05. The molecule has 24 heavy (non-hydrogen) atoms. The average Bonchev–Trinajstić information content (AvgIpc) is 2.65. The molecular formula is C16H19BClF3O3. The van der Waals surface area contributed by atoms with E-state index in [0.717, 1.165) is 0 Å². The van der Waals surface area contributed by atoms with Crippen LogP contribution in [0.25, 0.3) is 6.08 Å². The number of benzene rings is 1. The van der Waals surface area contributed by atoms with Gasteiger partial charge in [-0.15, -0.1) is 0 Å². The van der Waals surface area contributed by atoms with E-state index in [2.05, 4.69) is 0 Å². The molecule has 1 aromatic carbocycles. The molecule has 0 saturated carbocycles. The summed E-state index contributed by atoms with van der Waals surface area (Å²) >= 11 is 5.92. The summed E-state index contributed by atoms with van der Waals surface area (Å²) in [4.78, 5) is 0. The second kappa shape index (κ2) is 6.98. The highest BCUT2D eigenvalue weighted by Gasteiger charge is 2.53. The highest BCUT2D eigenvalue weighted by Crippen LogP contribution is 2.39. The van der Waals surface area contributed by atoms with Crippen LogP contribution < -0.4 is 4.74 Å². The van der Waals surface area contributed by atoms with Crippen molar-refractivity contribution in [3.05, 3.63) is 34.5 Å². The van der Waals surface area contributed by atoms with Crippen molar-refractivity contribution in [3.63, 3.8) is 0 Å². The third kappa shape index (κ3) is 4.46. The lowest BCUT2D eigenvalue weighted by Crippen LogP contribution is -2.41. The van der Waals surface area contributed by atoms with Gasteiger partial charge in [-0.25, -0.2) is 13.2 Å². The summed E-state index contributed by atoms with van der Waals surface area (Å²) in [5.74, 6) is 0.135. The Hall–Kier alpha value is -1.18. The lowest BCUT2D eigenvalue weighted by Gasteiger charge is -2.32. The molecule has 0 aromatic heterocycles. The minimum absolute atomic E-state index is 0.135. The van der Waals surface area contributed by atoms with Gasteiger partial charge in [0.1, 0.15) is 18.1 Å². The van der Waals surface area contributed by atoms with Crippen molar-refractivity contribution in [1.82, 2.24) is 0 Å². The van der Waals surface area contributed by atoms with Gasteiger partial charge in [-0.3, -0.25) is 0 Å². The van der Waals surface area contributed by atoms with Gasteiger partial charge in [0.05, 0.1) is 11.2 Å². The number of hydrogen-bond donors (Lipinski definition) is 0. The minimum atomic E-state index is -2.61. The second-order valence-electron chi connectivity index (χ2n) is 6.54. The molecule has 2 rings (SSSR count). The number of alkyl halides is 2. The zero-order valence-electron chi connectivity index (χ0n) is 13.9. The molecule has 0 N–H and O–H groups in total. The number of rotatable bonds is 5. The number of halogens is 4. The van der Waals surface area contributed by atoms with Crippen LogP contribution in [0.5, 0.6) is 5.75 Å². The Morgan fingerprint density at radius 2 is 1.79 bits per heavy atom. The quantitative estimate of drug-likeness (QED) is 0.695. The van der Waals surface area contributed by atoms with Gasteiger partial charge in [0.15, 0.2) is 0 Å². The first-order chi connectivity index (χ1) is 11.0. The van der Waals surface area contributed by atoms with Crippen LogP contribution in [0, 0.1) is 0 Å². The summed E-state index contributed by atoms with van der Waals surface area (Å²) in [6, 6.07) is 4.29. The van der Waals surface area contributed by atoms with E-state index in [1.165, 1.54) is 24.3 Å². The van der Waals surface area contributed by atoms with Crippen molar-refractivity contribution >= 4 is 24.8 Å². The van der Waals surface area contributed by atoms with Crippen LogP contribution in [0.1, 0.15) is 33.3 Å². The first-order valence-electron chi connectivity index (χ1n) is 7.44. The van der Waals surface area contributed by atoms with Crippen LogP contribution in [-0.4, -0.2) is 31.4 Å². The molecule has 0 aliphatic carbocycles. The highest BCUT2D eigenvalue weighted by atomic mass is 35.5. The molecule has 132 valence electrons. The van der Waals surface area contributed by atoms with Crippen LogP contribution in [0.4, 0.5) is 13.2 Å². The van der Waals surface area contributed by atoms with Gasteiger partial charge < -0.3 is 14.0 Å². The molecule has 0 bridgehead atoms. The fourth-order valence-corrected chi connectivity index (χ4v) is 2.33. The molecule has 0 radical (unpaired) electrons. The molecule has 1 saturated heterocycles. The van der Waals surface area contributed by atoms with Crippen LogP contribution in [-0.2, 0) is 9.31 Å². The Bertz CT molecular complexity index is 619. The van der Waals surface area contributed by atoms with Crippen LogP contribution in [0.2, 0.25) is 5.02 Å². The zero-order valence-corrected chi connectivity index (χ0v) is 14.7. The lowest BCUT2D eigenvalue weighted by atomic mass is 9.87.